The van der Waals surface area contributed by atoms with E-state index in [0.717, 1.165) is 48.4 Å². The number of nitrogens with zero attached hydrogens (tertiary/aromatic N) is 1. The second-order valence-electron chi connectivity index (χ2n) is 4.66. The molecule has 0 aromatic carbocycles. The van der Waals surface area contributed by atoms with Crippen molar-refractivity contribution in [3.05, 3.63) is 16.1 Å². The van der Waals surface area contributed by atoms with Crippen LogP contribution in [0.5, 0.6) is 0 Å². The van der Waals surface area contributed by atoms with Crippen molar-refractivity contribution in [1.82, 2.24) is 10.3 Å². The van der Waals surface area contributed by atoms with Gasteiger partial charge in [-0.05, 0) is 25.8 Å². The third-order valence-corrected chi connectivity index (χ3v) is 4.48. The molecule has 0 spiro atoms. The lowest BCUT2D eigenvalue weighted by Crippen LogP contribution is -2.31. The maximum absolute atomic E-state index is 12.5. The van der Waals surface area contributed by atoms with E-state index in [1.807, 2.05) is 0 Å². The first-order valence-electron chi connectivity index (χ1n) is 6.28. The largest absolute Gasteiger partial charge is 0.443 e. The van der Waals surface area contributed by atoms with Crippen LogP contribution in [0.4, 0.5) is 13.2 Å². The van der Waals surface area contributed by atoms with Gasteiger partial charge in [0.05, 0.1) is 0 Å². The molecule has 1 aliphatic rings. The highest BCUT2D eigenvalue weighted by atomic mass is 32.1. The molecule has 0 radical (unpaired) electrons. The van der Waals surface area contributed by atoms with Gasteiger partial charge in [0.1, 0.15) is 0 Å². The zero-order valence-corrected chi connectivity index (χ0v) is 11.1. The molecule has 1 N–H and O–H groups in total. The van der Waals surface area contributed by atoms with Gasteiger partial charge < -0.3 is 5.32 Å². The van der Waals surface area contributed by atoms with Crippen LogP contribution in [0, 0.1) is 0 Å². The minimum atomic E-state index is -4.31. The predicted octanol–water partition coefficient (Wildman–Crippen LogP) is 3.80. The number of thiazole rings is 1. The van der Waals surface area contributed by atoms with Crippen molar-refractivity contribution in [2.45, 2.75) is 50.7 Å². The topological polar surface area (TPSA) is 24.9 Å². The Hall–Kier alpha value is -0.620. The van der Waals surface area contributed by atoms with Crippen LogP contribution in [0.25, 0.3) is 0 Å². The zero-order chi connectivity index (χ0) is 13.2. The van der Waals surface area contributed by atoms with E-state index in [1.165, 1.54) is 6.20 Å². The Bertz CT molecular complexity index is 389. The summed E-state index contributed by atoms with van der Waals surface area (Å²) in [5.74, 6) is 0.199. The summed E-state index contributed by atoms with van der Waals surface area (Å²) in [6.45, 7) is 3.01. The number of alkyl halides is 3. The van der Waals surface area contributed by atoms with Crippen molar-refractivity contribution in [1.29, 1.82) is 0 Å². The van der Waals surface area contributed by atoms with Crippen LogP contribution < -0.4 is 5.32 Å². The van der Waals surface area contributed by atoms with E-state index in [4.69, 9.17) is 0 Å². The average Bonchev–Trinajstić information content (AvgIpc) is 2.93. The maximum Gasteiger partial charge on any atom is 0.443 e. The number of aromatic nitrogens is 1. The molecule has 1 heterocycles. The second-order valence-corrected chi connectivity index (χ2v) is 5.73. The van der Waals surface area contributed by atoms with Gasteiger partial charge in [-0.1, -0.05) is 13.3 Å². The van der Waals surface area contributed by atoms with E-state index in [1.54, 1.807) is 0 Å². The lowest BCUT2D eigenvalue weighted by atomic mass is 10.0. The van der Waals surface area contributed by atoms with Crippen LogP contribution in [-0.4, -0.2) is 17.6 Å². The Balaban J connectivity index is 2.08. The average molecular weight is 278 g/mol. The smallest absolute Gasteiger partial charge is 0.313 e. The quantitative estimate of drug-likeness (QED) is 0.906. The van der Waals surface area contributed by atoms with E-state index < -0.39 is 11.2 Å². The summed E-state index contributed by atoms with van der Waals surface area (Å²) in [5.41, 5.74) is 0. The van der Waals surface area contributed by atoms with Gasteiger partial charge in [-0.3, -0.25) is 0 Å². The van der Waals surface area contributed by atoms with Crippen molar-refractivity contribution >= 4 is 11.3 Å². The molecular weight excluding hydrogens is 261 g/mol. The molecule has 2 unspecified atom stereocenters. The van der Waals surface area contributed by atoms with Crippen LogP contribution in [0.2, 0.25) is 0 Å². The van der Waals surface area contributed by atoms with Crippen LogP contribution in [-0.2, 0) is 6.18 Å². The van der Waals surface area contributed by atoms with Crippen molar-refractivity contribution < 1.29 is 13.2 Å². The van der Waals surface area contributed by atoms with E-state index in [-0.39, 0.29) is 5.92 Å². The molecule has 2 rings (SSSR count). The minimum Gasteiger partial charge on any atom is -0.313 e. The van der Waals surface area contributed by atoms with Gasteiger partial charge in [0, 0.05) is 23.0 Å². The fraction of sp³-hybridized carbons (Fsp3) is 0.750. The van der Waals surface area contributed by atoms with Crippen LogP contribution in [0.3, 0.4) is 0 Å². The molecule has 1 aromatic heterocycles. The Morgan fingerprint density at radius 1 is 1.44 bits per heavy atom. The highest BCUT2D eigenvalue weighted by molar-refractivity contribution is 7.11. The summed E-state index contributed by atoms with van der Waals surface area (Å²) >= 11 is 0.798. The van der Waals surface area contributed by atoms with Gasteiger partial charge in [-0.15, -0.1) is 11.3 Å². The van der Waals surface area contributed by atoms with Crippen molar-refractivity contribution in [2.75, 3.05) is 6.54 Å². The molecular formula is C12H17F3N2S. The van der Waals surface area contributed by atoms with Crippen LogP contribution in [0.15, 0.2) is 6.20 Å². The number of rotatable bonds is 4. The summed E-state index contributed by atoms with van der Waals surface area (Å²) in [6, 6.07) is 0.312. The first-order valence-corrected chi connectivity index (χ1v) is 7.10. The van der Waals surface area contributed by atoms with E-state index in [0.29, 0.717) is 6.04 Å². The Kier molecular flexibility index (Phi) is 4.27. The molecule has 0 bridgehead atoms. The summed E-state index contributed by atoms with van der Waals surface area (Å²) in [4.78, 5) is 4.28. The molecule has 1 saturated carbocycles. The van der Waals surface area contributed by atoms with Gasteiger partial charge in [-0.2, -0.15) is 13.2 Å². The van der Waals surface area contributed by atoms with Gasteiger partial charge in [0.2, 0.25) is 0 Å². The molecule has 1 fully saturated rings. The van der Waals surface area contributed by atoms with Crippen molar-refractivity contribution in [3.63, 3.8) is 0 Å². The summed E-state index contributed by atoms with van der Waals surface area (Å²) < 4.78 is 37.6. The first kappa shape index (κ1) is 13.8. The van der Waals surface area contributed by atoms with Crippen LogP contribution in [0.1, 0.15) is 48.4 Å². The summed E-state index contributed by atoms with van der Waals surface area (Å²) in [7, 11) is 0. The monoisotopic (exact) mass is 278 g/mol. The van der Waals surface area contributed by atoms with Gasteiger partial charge >= 0.3 is 6.18 Å². The molecule has 102 valence electrons. The number of hydrogen-bond acceptors (Lipinski definition) is 3. The second kappa shape index (κ2) is 5.57. The fourth-order valence-corrected chi connectivity index (χ4v) is 3.45. The molecule has 1 aliphatic carbocycles. The molecule has 2 atom stereocenters. The van der Waals surface area contributed by atoms with Crippen molar-refractivity contribution in [2.24, 2.45) is 0 Å². The Morgan fingerprint density at radius 2 is 2.22 bits per heavy atom. The number of nitrogens with one attached hydrogen (secondary N) is 1. The Labute approximate surface area is 109 Å². The predicted molar refractivity (Wildman–Crippen MR) is 65.8 cm³/mol. The third kappa shape index (κ3) is 3.03. The highest BCUT2D eigenvalue weighted by Gasteiger charge is 2.37. The minimum absolute atomic E-state index is 0.199. The molecule has 2 nitrogen and oxygen atoms in total. The lowest BCUT2D eigenvalue weighted by Gasteiger charge is -2.19. The molecule has 0 aliphatic heterocycles. The third-order valence-electron chi connectivity index (χ3n) is 3.30. The maximum atomic E-state index is 12.5. The van der Waals surface area contributed by atoms with Gasteiger partial charge in [0.25, 0.3) is 0 Å². The van der Waals surface area contributed by atoms with Crippen molar-refractivity contribution in [3.8, 4) is 0 Å². The SMILES string of the molecule is CCCNC1CCCC1c1cnc(C(F)(F)F)s1. The Morgan fingerprint density at radius 3 is 2.83 bits per heavy atom. The molecule has 0 saturated heterocycles. The molecule has 1 aromatic rings. The molecule has 18 heavy (non-hydrogen) atoms. The van der Waals surface area contributed by atoms with Gasteiger partial charge in [0.15, 0.2) is 5.01 Å². The molecule has 0 amide bonds. The number of hydrogen-bond donors (Lipinski definition) is 1. The van der Waals surface area contributed by atoms with Crippen LogP contribution >= 0.6 is 11.3 Å². The standard InChI is InChI=1S/C12H17F3N2S/c1-2-6-16-9-5-3-4-8(9)10-7-17-11(18-10)12(13,14)15/h7-9,16H,2-6H2,1H3. The zero-order valence-electron chi connectivity index (χ0n) is 10.3. The van der Waals surface area contributed by atoms with E-state index >= 15 is 0 Å². The highest BCUT2D eigenvalue weighted by Crippen LogP contribution is 2.40. The first-order chi connectivity index (χ1) is 8.52. The lowest BCUT2D eigenvalue weighted by molar-refractivity contribution is -0.137. The number of halogens is 3. The fourth-order valence-electron chi connectivity index (χ4n) is 2.46. The molecule has 6 heteroatoms. The summed E-state index contributed by atoms with van der Waals surface area (Å²) in [5, 5.41) is 2.70. The normalized spacial score (nSPS) is 24.7. The van der Waals surface area contributed by atoms with Gasteiger partial charge in [-0.25, -0.2) is 4.98 Å². The van der Waals surface area contributed by atoms with E-state index in [2.05, 4.69) is 17.2 Å². The summed E-state index contributed by atoms with van der Waals surface area (Å²) in [6.07, 6.45) is 1.22. The van der Waals surface area contributed by atoms with E-state index in [9.17, 15) is 13.2 Å².